The fourth-order valence-corrected chi connectivity index (χ4v) is 4.42. The van der Waals surface area contributed by atoms with Crippen molar-refractivity contribution in [2.45, 2.75) is 24.5 Å². The molecule has 4 rings (SSSR count). The molecule has 0 aliphatic heterocycles. The standard InChI is InChI=1S/C20H17N3O3S/c1-13-8-14(2)10-17(9-13)27(24,25)12-16-11-15(5-7-21-16)20-23-19-18(26-20)4-3-6-22-19/h3-11H,12H2,1-2H3. The monoisotopic (exact) mass is 379 g/mol. The molecule has 0 saturated carbocycles. The van der Waals surface area contributed by atoms with Crippen molar-refractivity contribution in [2.75, 3.05) is 0 Å². The molecular weight excluding hydrogens is 362 g/mol. The highest BCUT2D eigenvalue weighted by Crippen LogP contribution is 2.25. The molecule has 0 spiro atoms. The quantitative estimate of drug-likeness (QED) is 0.535. The number of benzene rings is 1. The zero-order chi connectivity index (χ0) is 19.0. The molecule has 0 bridgehead atoms. The lowest BCUT2D eigenvalue weighted by Crippen LogP contribution is -2.07. The van der Waals surface area contributed by atoms with Gasteiger partial charge in [0.1, 0.15) is 0 Å². The highest BCUT2D eigenvalue weighted by atomic mass is 32.2. The number of nitrogens with zero attached hydrogens (tertiary/aromatic N) is 3. The Balaban J connectivity index is 1.68. The fourth-order valence-electron chi connectivity index (χ4n) is 2.97. The van der Waals surface area contributed by atoms with Crippen LogP contribution in [-0.4, -0.2) is 23.4 Å². The van der Waals surface area contributed by atoms with Crippen LogP contribution in [0.1, 0.15) is 16.8 Å². The Morgan fingerprint density at radius 2 is 1.74 bits per heavy atom. The van der Waals surface area contributed by atoms with Gasteiger partial charge in [-0.2, -0.15) is 4.98 Å². The highest BCUT2D eigenvalue weighted by Gasteiger charge is 2.18. The molecule has 7 heteroatoms. The van der Waals surface area contributed by atoms with Crippen molar-refractivity contribution >= 4 is 21.1 Å². The first-order valence-electron chi connectivity index (χ1n) is 8.39. The number of sulfone groups is 1. The van der Waals surface area contributed by atoms with Gasteiger partial charge in [-0.1, -0.05) is 6.07 Å². The first-order chi connectivity index (χ1) is 12.9. The summed E-state index contributed by atoms with van der Waals surface area (Å²) in [6.45, 7) is 3.76. The van der Waals surface area contributed by atoms with E-state index in [1.54, 1.807) is 48.8 Å². The highest BCUT2D eigenvalue weighted by molar-refractivity contribution is 7.90. The average molecular weight is 379 g/mol. The van der Waals surface area contributed by atoms with E-state index in [9.17, 15) is 8.42 Å². The van der Waals surface area contributed by atoms with Crippen LogP contribution in [0, 0.1) is 13.8 Å². The third-order valence-electron chi connectivity index (χ3n) is 4.12. The van der Waals surface area contributed by atoms with Crippen molar-refractivity contribution in [3.63, 3.8) is 0 Å². The van der Waals surface area contributed by atoms with Gasteiger partial charge in [0.15, 0.2) is 21.1 Å². The van der Waals surface area contributed by atoms with Crippen molar-refractivity contribution in [1.82, 2.24) is 15.0 Å². The Hall–Kier alpha value is -3.06. The molecule has 0 radical (unpaired) electrons. The smallest absolute Gasteiger partial charge is 0.229 e. The number of fused-ring (bicyclic) bond motifs is 1. The number of oxazole rings is 1. The Bertz CT molecular complexity index is 1190. The second-order valence-electron chi connectivity index (χ2n) is 6.46. The maximum atomic E-state index is 12.8. The third-order valence-corrected chi connectivity index (χ3v) is 5.75. The minimum Gasteiger partial charge on any atom is -0.434 e. The maximum Gasteiger partial charge on any atom is 0.229 e. The summed E-state index contributed by atoms with van der Waals surface area (Å²) in [5.41, 5.74) is 4.00. The predicted octanol–water partition coefficient (Wildman–Crippen LogP) is 3.88. The van der Waals surface area contributed by atoms with Gasteiger partial charge in [0, 0.05) is 18.0 Å². The van der Waals surface area contributed by atoms with E-state index in [0.29, 0.717) is 33.3 Å². The Kier molecular flexibility index (Phi) is 4.24. The van der Waals surface area contributed by atoms with E-state index in [1.165, 1.54) is 0 Å². The Morgan fingerprint density at radius 1 is 0.963 bits per heavy atom. The molecule has 3 heterocycles. The summed E-state index contributed by atoms with van der Waals surface area (Å²) in [4.78, 5) is 13.0. The third kappa shape index (κ3) is 3.59. The van der Waals surface area contributed by atoms with Gasteiger partial charge in [0.2, 0.25) is 5.89 Å². The van der Waals surface area contributed by atoms with E-state index in [0.717, 1.165) is 11.1 Å². The average Bonchev–Trinajstić information content (AvgIpc) is 3.05. The van der Waals surface area contributed by atoms with Gasteiger partial charge < -0.3 is 4.42 Å². The van der Waals surface area contributed by atoms with Crippen LogP contribution in [0.15, 0.2) is 64.2 Å². The fraction of sp³-hybridized carbons (Fsp3) is 0.150. The van der Waals surface area contributed by atoms with Crippen LogP contribution in [0.5, 0.6) is 0 Å². The van der Waals surface area contributed by atoms with Crippen molar-refractivity contribution in [1.29, 1.82) is 0 Å². The summed E-state index contributed by atoms with van der Waals surface area (Å²) in [7, 11) is -3.51. The summed E-state index contributed by atoms with van der Waals surface area (Å²) >= 11 is 0. The molecular formula is C20H17N3O3S. The minimum atomic E-state index is -3.51. The zero-order valence-corrected chi connectivity index (χ0v) is 15.7. The Morgan fingerprint density at radius 3 is 2.48 bits per heavy atom. The van der Waals surface area contributed by atoms with Crippen LogP contribution >= 0.6 is 0 Å². The van der Waals surface area contributed by atoms with E-state index < -0.39 is 9.84 Å². The molecule has 0 aliphatic rings. The van der Waals surface area contributed by atoms with Gasteiger partial charge in [0.25, 0.3) is 0 Å². The molecule has 0 aliphatic carbocycles. The minimum absolute atomic E-state index is 0.192. The topological polar surface area (TPSA) is 86.0 Å². The normalized spacial score (nSPS) is 11.8. The van der Waals surface area contributed by atoms with Crippen LogP contribution in [-0.2, 0) is 15.6 Å². The SMILES string of the molecule is Cc1cc(C)cc(S(=O)(=O)Cc2cc(-c3nc4ncccc4o3)ccn2)c1. The summed E-state index contributed by atoms with van der Waals surface area (Å²) in [5, 5.41) is 0. The van der Waals surface area contributed by atoms with Crippen LogP contribution in [0.25, 0.3) is 22.7 Å². The molecule has 0 atom stereocenters. The number of hydrogen-bond donors (Lipinski definition) is 0. The molecule has 6 nitrogen and oxygen atoms in total. The molecule has 4 aromatic rings. The van der Waals surface area contributed by atoms with Gasteiger partial charge in [-0.05, 0) is 61.4 Å². The molecule has 0 N–H and O–H groups in total. The zero-order valence-electron chi connectivity index (χ0n) is 14.9. The summed E-state index contributed by atoms with van der Waals surface area (Å²) in [5.74, 6) is 0.193. The lowest BCUT2D eigenvalue weighted by Gasteiger charge is -2.07. The van der Waals surface area contributed by atoms with Gasteiger partial charge in [-0.3, -0.25) is 4.98 Å². The van der Waals surface area contributed by atoms with Crippen LogP contribution in [0.2, 0.25) is 0 Å². The number of aryl methyl sites for hydroxylation is 2. The van der Waals surface area contributed by atoms with E-state index in [4.69, 9.17) is 4.42 Å². The van der Waals surface area contributed by atoms with Gasteiger partial charge >= 0.3 is 0 Å². The number of aromatic nitrogens is 3. The molecule has 1 aromatic carbocycles. The Labute approximate surface area is 156 Å². The van der Waals surface area contributed by atoms with Crippen LogP contribution < -0.4 is 0 Å². The first-order valence-corrected chi connectivity index (χ1v) is 10.0. The molecule has 136 valence electrons. The molecule has 0 saturated heterocycles. The second kappa shape index (κ2) is 6.59. The lowest BCUT2D eigenvalue weighted by atomic mass is 10.2. The van der Waals surface area contributed by atoms with Gasteiger partial charge in [0.05, 0.1) is 16.3 Å². The van der Waals surface area contributed by atoms with Crippen molar-refractivity contribution in [3.8, 4) is 11.5 Å². The van der Waals surface area contributed by atoms with E-state index in [2.05, 4.69) is 15.0 Å². The van der Waals surface area contributed by atoms with E-state index >= 15 is 0 Å². The first kappa shape index (κ1) is 17.4. The molecule has 3 aromatic heterocycles. The molecule has 0 unspecified atom stereocenters. The van der Waals surface area contributed by atoms with Crippen molar-refractivity contribution in [2.24, 2.45) is 0 Å². The van der Waals surface area contributed by atoms with E-state index in [-0.39, 0.29) is 5.75 Å². The number of rotatable bonds is 4. The predicted molar refractivity (Wildman–Crippen MR) is 102 cm³/mol. The molecule has 0 amide bonds. The maximum absolute atomic E-state index is 12.8. The molecule has 0 fully saturated rings. The van der Waals surface area contributed by atoms with Crippen LogP contribution in [0.4, 0.5) is 0 Å². The van der Waals surface area contributed by atoms with Gasteiger partial charge in [-0.25, -0.2) is 13.4 Å². The summed E-state index contributed by atoms with van der Waals surface area (Å²) in [6, 6.07) is 12.3. The lowest BCUT2D eigenvalue weighted by molar-refractivity contribution is 0.594. The number of hydrogen-bond acceptors (Lipinski definition) is 6. The second-order valence-corrected chi connectivity index (χ2v) is 8.45. The summed E-state index contributed by atoms with van der Waals surface area (Å²) in [6.07, 6.45) is 3.20. The summed E-state index contributed by atoms with van der Waals surface area (Å²) < 4.78 is 31.3. The van der Waals surface area contributed by atoms with Gasteiger partial charge in [-0.15, -0.1) is 0 Å². The van der Waals surface area contributed by atoms with Crippen LogP contribution in [0.3, 0.4) is 0 Å². The number of pyridine rings is 2. The van der Waals surface area contributed by atoms with E-state index in [1.807, 2.05) is 19.9 Å². The van der Waals surface area contributed by atoms with Crippen molar-refractivity contribution in [3.05, 3.63) is 71.7 Å². The molecule has 27 heavy (non-hydrogen) atoms. The largest absolute Gasteiger partial charge is 0.434 e. The van der Waals surface area contributed by atoms with Crippen molar-refractivity contribution < 1.29 is 12.8 Å².